The highest BCUT2D eigenvalue weighted by Gasteiger charge is 2.27. The Balaban J connectivity index is 1.55. The second kappa shape index (κ2) is 11.9. The van der Waals surface area contributed by atoms with Gasteiger partial charge in [-0.2, -0.15) is 10.4 Å². The minimum Gasteiger partial charge on any atom is -0.490 e. The number of aromatic nitrogens is 3. The molecule has 0 aliphatic carbocycles. The van der Waals surface area contributed by atoms with Gasteiger partial charge >= 0.3 is 0 Å². The Morgan fingerprint density at radius 1 is 1.20 bits per heavy atom. The largest absolute Gasteiger partial charge is 0.490 e. The minimum atomic E-state index is -0.591. The van der Waals surface area contributed by atoms with Crippen LogP contribution in [0.1, 0.15) is 62.4 Å². The van der Waals surface area contributed by atoms with Crippen LogP contribution in [0.5, 0.6) is 11.6 Å². The quantitative estimate of drug-likeness (QED) is 0.438. The van der Waals surface area contributed by atoms with Gasteiger partial charge in [-0.1, -0.05) is 0 Å². The van der Waals surface area contributed by atoms with Crippen LogP contribution in [0.2, 0.25) is 0 Å². The first-order valence-electron chi connectivity index (χ1n) is 13.8. The molecule has 11 nitrogen and oxygen atoms in total. The van der Waals surface area contributed by atoms with Gasteiger partial charge < -0.3 is 25.4 Å². The van der Waals surface area contributed by atoms with Crippen LogP contribution in [0.15, 0.2) is 30.7 Å². The summed E-state index contributed by atoms with van der Waals surface area (Å²) in [4.78, 5) is 31.2. The van der Waals surface area contributed by atoms with E-state index in [4.69, 9.17) is 25.5 Å². The standard InChI is InChI=1S/C29H35N7O4/c1-18(2)39-26-13-23-22(12-24(26)28(31)38)25(19-14-34-36(16-19)20-6-9-32-10-7-20)15-33-29(23)40-21-4-3-11-35(17-21)27(37)5-8-30/h12-16,18,20-21,32H,3-7,9-11,17H2,1-2H3,(H2,31,38)/t21-/m1/s1. The fourth-order valence-electron chi connectivity index (χ4n) is 5.46. The van der Waals surface area contributed by atoms with Crippen LogP contribution >= 0.6 is 0 Å². The van der Waals surface area contributed by atoms with E-state index < -0.39 is 5.91 Å². The number of carbonyl (C=O) groups is 2. The smallest absolute Gasteiger partial charge is 0.252 e. The first kappa shape index (κ1) is 27.4. The lowest BCUT2D eigenvalue weighted by Crippen LogP contribution is -2.44. The first-order chi connectivity index (χ1) is 19.3. The van der Waals surface area contributed by atoms with Crippen LogP contribution in [-0.2, 0) is 4.79 Å². The molecule has 4 heterocycles. The molecule has 2 amide bonds. The van der Waals surface area contributed by atoms with Crippen LogP contribution in [0.4, 0.5) is 0 Å². The number of nitriles is 1. The van der Waals surface area contributed by atoms with E-state index in [0.29, 0.717) is 36.1 Å². The van der Waals surface area contributed by atoms with Gasteiger partial charge in [0.2, 0.25) is 11.8 Å². The van der Waals surface area contributed by atoms with Gasteiger partial charge in [-0.25, -0.2) is 4.98 Å². The molecular weight excluding hydrogens is 510 g/mol. The Morgan fingerprint density at radius 3 is 2.73 bits per heavy atom. The van der Waals surface area contributed by atoms with Crippen LogP contribution in [0, 0.1) is 11.3 Å². The highest BCUT2D eigenvalue weighted by molar-refractivity contribution is 6.06. The summed E-state index contributed by atoms with van der Waals surface area (Å²) in [6.07, 6.45) is 8.48. The molecular formula is C29H35N7O4. The molecule has 40 heavy (non-hydrogen) atoms. The topological polar surface area (TPSA) is 148 Å². The third-order valence-corrected chi connectivity index (χ3v) is 7.41. The molecule has 11 heteroatoms. The zero-order valence-electron chi connectivity index (χ0n) is 22.9. The fraction of sp³-hybridized carbons (Fsp3) is 0.483. The number of nitrogens with two attached hydrogens (primary N) is 1. The number of likely N-dealkylation sites (tertiary alicyclic amines) is 1. The van der Waals surface area contributed by atoms with Gasteiger partial charge in [0.15, 0.2) is 0 Å². The number of nitrogens with one attached hydrogen (secondary N) is 1. The number of hydrogen-bond acceptors (Lipinski definition) is 8. The number of amides is 2. The zero-order chi connectivity index (χ0) is 28.2. The summed E-state index contributed by atoms with van der Waals surface area (Å²) in [6.45, 7) is 6.65. The fourth-order valence-corrected chi connectivity index (χ4v) is 5.46. The van der Waals surface area contributed by atoms with Crippen molar-refractivity contribution >= 4 is 22.6 Å². The molecule has 2 aliphatic rings. The van der Waals surface area contributed by atoms with E-state index >= 15 is 0 Å². The van der Waals surface area contributed by atoms with Gasteiger partial charge in [0.05, 0.1) is 36.5 Å². The summed E-state index contributed by atoms with van der Waals surface area (Å²) in [5.41, 5.74) is 7.73. The summed E-state index contributed by atoms with van der Waals surface area (Å²) in [5, 5.41) is 18.4. The molecule has 0 unspecified atom stereocenters. The van der Waals surface area contributed by atoms with Crippen molar-refractivity contribution in [3.05, 3.63) is 36.3 Å². The Kier molecular flexibility index (Phi) is 8.16. The average Bonchev–Trinajstić information content (AvgIpc) is 3.43. The average molecular weight is 546 g/mol. The molecule has 2 aliphatic heterocycles. The van der Waals surface area contributed by atoms with E-state index in [9.17, 15) is 9.59 Å². The number of ether oxygens (including phenoxy) is 2. The number of nitrogens with zero attached hydrogens (tertiary/aromatic N) is 5. The Morgan fingerprint density at radius 2 is 2.00 bits per heavy atom. The van der Waals surface area contributed by atoms with Gasteiger partial charge in [0, 0.05) is 35.5 Å². The molecule has 2 fully saturated rings. The van der Waals surface area contributed by atoms with E-state index in [1.165, 1.54) is 0 Å². The lowest BCUT2D eigenvalue weighted by atomic mass is 9.99. The SMILES string of the molecule is CC(C)Oc1cc2c(O[C@@H]3CCCN(C(=O)CC#N)C3)ncc(-c3cnn(C4CCNCC4)c3)c2cc1C(N)=O. The number of hydrogen-bond donors (Lipinski definition) is 2. The van der Waals surface area contributed by atoms with Gasteiger partial charge in [-0.3, -0.25) is 14.3 Å². The van der Waals surface area contributed by atoms with Crippen molar-refractivity contribution in [2.45, 2.75) is 64.2 Å². The van der Waals surface area contributed by atoms with Crippen molar-refractivity contribution in [1.82, 2.24) is 25.0 Å². The molecule has 3 aromatic rings. The number of benzene rings is 1. The van der Waals surface area contributed by atoms with Crippen LogP contribution in [0.3, 0.4) is 0 Å². The van der Waals surface area contributed by atoms with E-state index in [0.717, 1.165) is 55.3 Å². The van der Waals surface area contributed by atoms with Crippen molar-refractivity contribution in [3.8, 4) is 28.8 Å². The van der Waals surface area contributed by atoms with Gasteiger partial charge in [-0.15, -0.1) is 0 Å². The van der Waals surface area contributed by atoms with Crippen LogP contribution < -0.4 is 20.5 Å². The molecule has 5 rings (SSSR count). The van der Waals surface area contributed by atoms with Crippen molar-refractivity contribution in [2.24, 2.45) is 5.73 Å². The summed E-state index contributed by atoms with van der Waals surface area (Å²) >= 11 is 0. The summed E-state index contributed by atoms with van der Waals surface area (Å²) < 4.78 is 14.4. The number of rotatable bonds is 8. The lowest BCUT2D eigenvalue weighted by Gasteiger charge is -2.32. The maximum absolute atomic E-state index is 12.5. The molecule has 1 aromatic carbocycles. The normalized spacial score (nSPS) is 18.1. The molecule has 0 radical (unpaired) electrons. The third-order valence-electron chi connectivity index (χ3n) is 7.41. The number of piperidine rings is 2. The number of primary amides is 1. The predicted molar refractivity (Wildman–Crippen MR) is 149 cm³/mol. The molecule has 3 N–H and O–H groups in total. The first-order valence-corrected chi connectivity index (χ1v) is 13.8. The highest BCUT2D eigenvalue weighted by Crippen LogP contribution is 2.38. The lowest BCUT2D eigenvalue weighted by molar-refractivity contribution is -0.132. The van der Waals surface area contributed by atoms with Crippen molar-refractivity contribution in [2.75, 3.05) is 26.2 Å². The highest BCUT2D eigenvalue weighted by atomic mass is 16.5. The summed E-state index contributed by atoms with van der Waals surface area (Å²) in [5.74, 6) is -0.0482. The summed E-state index contributed by atoms with van der Waals surface area (Å²) in [7, 11) is 0. The number of fused-ring (bicyclic) bond motifs is 1. The third kappa shape index (κ3) is 5.87. The van der Waals surface area contributed by atoms with E-state index in [2.05, 4.69) is 10.4 Å². The molecule has 210 valence electrons. The molecule has 0 bridgehead atoms. The van der Waals surface area contributed by atoms with Gasteiger partial charge in [-0.05, 0) is 70.1 Å². The zero-order valence-corrected chi connectivity index (χ0v) is 22.9. The second-order valence-corrected chi connectivity index (χ2v) is 10.6. The van der Waals surface area contributed by atoms with Gasteiger partial charge in [0.25, 0.3) is 5.91 Å². The van der Waals surface area contributed by atoms with Crippen molar-refractivity contribution in [1.29, 1.82) is 5.26 Å². The summed E-state index contributed by atoms with van der Waals surface area (Å²) in [6, 6.07) is 5.75. The van der Waals surface area contributed by atoms with Crippen LogP contribution in [-0.4, -0.2) is 69.9 Å². The van der Waals surface area contributed by atoms with E-state index in [1.807, 2.05) is 37.0 Å². The Labute approximate surface area is 233 Å². The van der Waals surface area contributed by atoms with Crippen LogP contribution in [0.25, 0.3) is 21.9 Å². The number of carbonyl (C=O) groups excluding carboxylic acids is 2. The minimum absolute atomic E-state index is 0.153. The van der Waals surface area contributed by atoms with E-state index in [1.54, 1.807) is 23.2 Å². The second-order valence-electron chi connectivity index (χ2n) is 10.6. The molecule has 2 saturated heterocycles. The predicted octanol–water partition coefficient (Wildman–Crippen LogP) is 3.19. The molecule has 0 spiro atoms. The van der Waals surface area contributed by atoms with Crippen molar-refractivity contribution in [3.63, 3.8) is 0 Å². The molecule has 2 aromatic heterocycles. The molecule has 1 atom stereocenters. The maximum atomic E-state index is 12.5. The number of pyridine rings is 1. The monoisotopic (exact) mass is 545 g/mol. The maximum Gasteiger partial charge on any atom is 0.252 e. The molecule has 0 saturated carbocycles. The Hall–Kier alpha value is -4.17. The van der Waals surface area contributed by atoms with E-state index in [-0.39, 0.29) is 30.1 Å². The Bertz CT molecular complexity index is 1440. The van der Waals surface area contributed by atoms with Gasteiger partial charge in [0.1, 0.15) is 18.3 Å². The van der Waals surface area contributed by atoms with Crippen molar-refractivity contribution < 1.29 is 19.1 Å².